The van der Waals surface area contributed by atoms with Crippen LogP contribution in [-0.4, -0.2) is 37.9 Å². The highest BCUT2D eigenvalue weighted by molar-refractivity contribution is 7.89. The minimum atomic E-state index is -3.55. The van der Waals surface area contributed by atoms with Crippen molar-refractivity contribution in [3.05, 3.63) is 50.6 Å². The molecule has 0 aromatic carbocycles. The Balaban J connectivity index is 1.92. The first kappa shape index (κ1) is 18.3. The van der Waals surface area contributed by atoms with E-state index in [1.165, 1.54) is 52.3 Å². The summed E-state index contributed by atoms with van der Waals surface area (Å²) in [6, 6.07) is 5.25. The first-order chi connectivity index (χ1) is 11.8. The lowest BCUT2D eigenvalue weighted by atomic mass is 9.98. The summed E-state index contributed by atoms with van der Waals surface area (Å²) < 4.78 is 27.4. The molecule has 2 atom stereocenters. The highest BCUT2D eigenvalue weighted by Gasteiger charge is 2.31. The summed E-state index contributed by atoms with van der Waals surface area (Å²) in [5.74, 6) is 0. The second-order valence-corrected chi connectivity index (χ2v) is 9.69. The lowest BCUT2D eigenvalue weighted by Gasteiger charge is -2.32. The second kappa shape index (κ2) is 7.03. The van der Waals surface area contributed by atoms with E-state index in [1.54, 1.807) is 11.3 Å². The maximum absolute atomic E-state index is 12.3. The van der Waals surface area contributed by atoms with Crippen molar-refractivity contribution in [2.45, 2.75) is 37.4 Å². The van der Waals surface area contributed by atoms with Gasteiger partial charge in [-0.05, 0) is 17.5 Å². The highest BCUT2D eigenvalue weighted by atomic mass is 32.2. The van der Waals surface area contributed by atoms with Gasteiger partial charge in [0.25, 0.3) is 5.56 Å². The van der Waals surface area contributed by atoms with E-state index in [-0.39, 0.29) is 10.5 Å². The Labute approximate surface area is 152 Å². The third-order valence-corrected chi connectivity index (χ3v) is 7.63. The van der Waals surface area contributed by atoms with E-state index in [2.05, 4.69) is 18.4 Å². The van der Waals surface area contributed by atoms with E-state index in [1.807, 2.05) is 0 Å². The first-order valence-corrected chi connectivity index (χ1v) is 10.7. The van der Waals surface area contributed by atoms with E-state index in [0.29, 0.717) is 12.7 Å². The van der Waals surface area contributed by atoms with E-state index in [4.69, 9.17) is 0 Å². The largest absolute Gasteiger partial charge is 0.311 e. The molecule has 1 aliphatic heterocycles. The number of pyridine rings is 1. The number of thiophene rings is 1. The molecule has 0 radical (unpaired) electrons. The topological polar surface area (TPSA) is 63.8 Å². The lowest BCUT2D eigenvalue weighted by Crippen LogP contribution is -3.12. The average molecular weight is 383 g/mol. The van der Waals surface area contributed by atoms with Crippen LogP contribution >= 0.6 is 11.3 Å². The molecular formula is C17H24N3O3S2+. The van der Waals surface area contributed by atoms with Gasteiger partial charge >= 0.3 is 0 Å². The third-order valence-electron chi connectivity index (χ3n) is 4.84. The number of hydrogen-bond donors (Lipinski definition) is 1. The molecular weight excluding hydrogens is 358 g/mol. The molecule has 0 amide bonds. The van der Waals surface area contributed by atoms with Crippen molar-refractivity contribution in [3.8, 4) is 0 Å². The van der Waals surface area contributed by atoms with Gasteiger partial charge in [-0.15, -0.1) is 11.3 Å². The van der Waals surface area contributed by atoms with Crippen LogP contribution in [0.1, 0.15) is 29.8 Å². The number of nitrogens with one attached hydrogen (secondary N) is 1. The normalized spacial score (nSPS) is 20.6. The summed E-state index contributed by atoms with van der Waals surface area (Å²) in [6.45, 7) is 3.58. The Hall–Kier alpha value is -1.48. The van der Waals surface area contributed by atoms with Gasteiger partial charge < -0.3 is 4.90 Å². The van der Waals surface area contributed by atoms with Gasteiger partial charge in [-0.25, -0.2) is 12.7 Å². The van der Waals surface area contributed by atoms with Crippen LogP contribution in [0, 0.1) is 0 Å². The molecule has 2 aromatic heterocycles. The summed E-state index contributed by atoms with van der Waals surface area (Å²) in [6.07, 6.45) is 3.47. The molecule has 0 bridgehead atoms. The number of fused-ring (bicyclic) bond motifs is 1. The van der Waals surface area contributed by atoms with Crippen LogP contribution in [0.5, 0.6) is 0 Å². The van der Waals surface area contributed by atoms with Crippen LogP contribution in [0.2, 0.25) is 0 Å². The van der Waals surface area contributed by atoms with Crippen molar-refractivity contribution >= 4 is 21.4 Å². The van der Waals surface area contributed by atoms with Crippen LogP contribution in [0.25, 0.3) is 0 Å². The van der Waals surface area contributed by atoms with Crippen molar-refractivity contribution < 1.29 is 13.3 Å². The smallest absolute Gasteiger partial charge is 0.254 e. The predicted molar refractivity (Wildman–Crippen MR) is 98.5 cm³/mol. The quantitative estimate of drug-likeness (QED) is 0.828. The van der Waals surface area contributed by atoms with Gasteiger partial charge in [-0.3, -0.25) is 9.36 Å². The summed E-state index contributed by atoms with van der Waals surface area (Å²) in [5, 5.41) is 2.13. The Morgan fingerprint density at radius 1 is 1.32 bits per heavy atom. The zero-order valence-corrected chi connectivity index (χ0v) is 16.4. The number of rotatable bonds is 5. The summed E-state index contributed by atoms with van der Waals surface area (Å²) in [7, 11) is -0.566. The van der Waals surface area contributed by atoms with Gasteiger partial charge in [0.1, 0.15) is 6.04 Å². The molecule has 136 valence electrons. The molecule has 2 aromatic rings. The molecule has 1 aliphatic rings. The second-order valence-electron chi connectivity index (χ2n) is 6.54. The molecule has 1 unspecified atom stereocenters. The number of nitrogens with zero attached hydrogens (tertiary/aromatic N) is 2. The molecule has 0 saturated carbocycles. The van der Waals surface area contributed by atoms with E-state index < -0.39 is 10.0 Å². The zero-order valence-electron chi connectivity index (χ0n) is 14.7. The van der Waals surface area contributed by atoms with Gasteiger partial charge in [0.15, 0.2) is 6.67 Å². The van der Waals surface area contributed by atoms with Gasteiger partial charge in [0, 0.05) is 49.6 Å². The van der Waals surface area contributed by atoms with Crippen LogP contribution in [0.15, 0.2) is 39.5 Å². The summed E-state index contributed by atoms with van der Waals surface area (Å²) in [5.41, 5.74) is 1.20. The molecule has 0 saturated heterocycles. The Kier molecular flexibility index (Phi) is 5.15. The summed E-state index contributed by atoms with van der Waals surface area (Å²) in [4.78, 5) is 15.2. The molecule has 25 heavy (non-hydrogen) atoms. The average Bonchev–Trinajstić information content (AvgIpc) is 3.05. The van der Waals surface area contributed by atoms with Crippen molar-refractivity contribution in [1.29, 1.82) is 0 Å². The minimum Gasteiger partial charge on any atom is -0.311 e. The maximum atomic E-state index is 12.3. The fourth-order valence-corrected chi connectivity index (χ4v) is 5.31. The zero-order chi connectivity index (χ0) is 18.2. The van der Waals surface area contributed by atoms with Crippen molar-refractivity contribution in [1.82, 2.24) is 8.87 Å². The molecule has 1 N–H and O–H groups in total. The van der Waals surface area contributed by atoms with Gasteiger partial charge in [0.05, 0.1) is 11.4 Å². The fourth-order valence-electron chi connectivity index (χ4n) is 3.45. The highest BCUT2D eigenvalue weighted by Crippen LogP contribution is 2.26. The number of aromatic nitrogens is 1. The Morgan fingerprint density at radius 2 is 2.08 bits per heavy atom. The number of quaternary nitrogens is 1. The monoisotopic (exact) mass is 382 g/mol. The molecule has 3 heterocycles. The summed E-state index contributed by atoms with van der Waals surface area (Å²) >= 11 is 1.80. The molecule has 0 aliphatic carbocycles. The van der Waals surface area contributed by atoms with Crippen molar-refractivity contribution in [2.24, 2.45) is 0 Å². The first-order valence-electron chi connectivity index (χ1n) is 8.38. The number of sulfonamides is 1. The van der Waals surface area contributed by atoms with Crippen LogP contribution in [0.3, 0.4) is 0 Å². The van der Waals surface area contributed by atoms with E-state index in [9.17, 15) is 13.2 Å². The predicted octanol–water partition coefficient (Wildman–Crippen LogP) is 0.710. The molecule has 8 heteroatoms. The molecule has 0 fully saturated rings. The van der Waals surface area contributed by atoms with Gasteiger partial charge in [-0.1, -0.05) is 6.92 Å². The van der Waals surface area contributed by atoms with Gasteiger partial charge in [-0.2, -0.15) is 0 Å². The third kappa shape index (κ3) is 3.44. The lowest BCUT2D eigenvalue weighted by molar-refractivity contribution is -0.955. The fraction of sp³-hybridized carbons (Fsp3) is 0.471. The van der Waals surface area contributed by atoms with Crippen LogP contribution < -0.4 is 10.5 Å². The van der Waals surface area contributed by atoms with Crippen molar-refractivity contribution in [2.75, 3.05) is 20.6 Å². The van der Waals surface area contributed by atoms with E-state index >= 15 is 0 Å². The van der Waals surface area contributed by atoms with Crippen molar-refractivity contribution in [3.63, 3.8) is 0 Å². The Bertz CT molecular complexity index is 915. The maximum Gasteiger partial charge on any atom is 0.254 e. The standard InChI is InChI=1S/C17H23N3O3S2/c1-4-15-14-8-10-24-16(14)7-9-19(15)12-20-11-13(5-6-17(20)21)25(22,23)18(2)3/h5-6,8,10-11,15H,4,7,9,12H2,1-3H3/p+1/t15-/m0/s1. The molecule has 3 rings (SSSR count). The molecule has 0 spiro atoms. The van der Waals surface area contributed by atoms with E-state index in [0.717, 1.165) is 23.7 Å². The van der Waals surface area contributed by atoms with Crippen LogP contribution in [-0.2, 0) is 23.1 Å². The number of hydrogen-bond acceptors (Lipinski definition) is 4. The Morgan fingerprint density at radius 3 is 2.76 bits per heavy atom. The SMILES string of the molecule is CC[C@H]1c2ccsc2CC[NH+]1Cn1cc(S(=O)(=O)N(C)C)ccc1=O. The molecule has 6 nitrogen and oxygen atoms in total. The van der Waals surface area contributed by atoms with Gasteiger partial charge in [0.2, 0.25) is 10.0 Å². The van der Waals surface area contributed by atoms with Crippen LogP contribution in [0.4, 0.5) is 0 Å². The minimum absolute atomic E-state index is 0.151.